The Morgan fingerprint density at radius 3 is 2.73 bits per heavy atom. The molecular formula is C18H17N3O3S2. The largest absolute Gasteiger partial charge is 0.310 e. The number of fused-ring (bicyclic) bond motifs is 1. The minimum absolute atomic E-state index is 0.0471. The monoisotopic (exact) mass is 387 g/mol. The Labute approximate surface area is 159 Å². The molecule has 0 atom stereocenters. The van der Waals surface area contributed by atoms with Gasteiger partial charge in [-0.1, -0.05) is 30.0 Å². The van der Waals surface area contributed by atoms with Crippen molar-refractivity contribution >= 4 is 51.1 Å². The minimum Gasteiger partial charge on any atom is -0.310 e. The molecule has 0 aliphatic heterocycles. The number of hydrogen-bond donors (Lipinski definition) is 0. The van der Waals surface area contributed by atoms with E-state index in [-0.39, 0.29) is 5.69 Å². The van der Waals surface area contributed by atoms with Gasteiger partial charge in [0.25, 0.3) is 5.69 Å². The van der Waals surface area contributed by atoms with Crippen molar-refractivity contribution in [2.45, 2.75) is 24.7 Å². The van der Waals surface area contributed by atoms with Gasteiger partial charge in [-0.05, 0) is 37.8 Å². The Hall–Kier alpha value is -2.45. The Kier molecular flexibility index (Phi) is 5.24. The van der Waals surface area contributed by atoms with Gasteiger partial charge < -0.3 is 4.90 Å². The summed E-state index contributed by atoms with van der Waals surface area (Å²) in [5.41, 5.74) is 3.42. The molecule has 0 bridgehead atoms. The second-order valence-corrected chi connectivity index (χ2v) is 7.90. The third-order valence-corrected chi connectivity index (χ3v) is 6.23. The standard InChI is InChI=1S/C18H17N3O3S2/c1-11-7-8-14(12(2)17(11)21(23)24)20(10-22)9-13-5-4-6-15-16(13)19-18(25-3)26-15/h4-8,10H,9H2,1-3H3. The van der Waals surface area contributed by atoms with Crippen LogP contribution >= 0.6 is 23.1 Å². The van der Waals surface area contributed by atoms with E-state index in [2.05, 4.69) is 4.98 Å². The highest BCUT2D eigenvalue weighted by Gasteiger charge is 2.21. The van der Waals surface area contributed by atoms with E-state index in [1.165, 1.54) is 4.90 Å². The van der Waals surface area contributed by atoms with Crippen LogP contribution in [0, 0.1) is 24.0 Å². The summed E-state index contributed by atoms with van der Waals surface area (Å²) in [7, 11) is 0. The van der Waals surface area contributed by atoms with Crippen molar-refractivity contribution in [1.29, 1.82) is 0 Å². The molecule has 3 aromatic rings. The number of thiazole rings is 1. The van der Waals surface area contributed by atoms with E-state index >= 15 is 0 Å². The van der Waals surface area contributed by atoms with Crippen LogP contribution in [0.4, 0.5) is 11.4 Å². The van der Waals surface area contributed by atoms with E-state index in [4.69, 9.17) is 0 Å². The average Bonchev–Trinajstić information content (AvgIpc) is 3.04. The maximum atomic E-state index is 11.8. The molecular weight excluding hydrogens is 370 g/mol. The molecule has 0 aliphatic rings. The Morgan fingerprint density at radius 2 is 2.08 bits per heavy atom. The number of anilines is 1. The summed E-state index contributed by atoms with van der Waals surface area (Å²) in [5.74, 6) is 0. The van der Waals surface area contributed by atoms with Crippen molar-refractivity contribution in [2.24, 2.45) is 0 Å². The van der Waals surface area contributed by atoms with Crippen molar-refractivity contribution < 1.29 is 9.72 Å². The van der Waals surface area contributed by atoms with Gasteiger partial charge in [-0.25, -0.2) is 4.98 Å². The first-order valence-electron chi connectivity index (χ1n) is 7.85. The summed E-state index contributed by atoms with van der Waals surface area (Å²) < 4.78 is 2.02. The molecule has 2 aromatic carbocycles. The van der Waals surface area contributed by atoms with E-state index in [1.807, 2.05) is 24.5 Å². The molecule has 0 N–H and O–H groups in total. The Morgan fingerprint density at radius 1 is 1.31 bits per heavy atom. The number of benzene rings is 2. The number of nitro benzene ring substituents is 1. The molecule has 134 valence electrons. The summed E-state index contributed by atoms with van der Waals surface area (Å²) in [5, 5.41) is 11.4. The van der Waals surface area contributed by atoms with Crippen molar-refractivity contribution in [3.63, 3.8) is 0 Å². The molecule has 1 aromatic heterocycles. The summed E-state index contributed by atoms with van der Waals surface area (Å²) in [6.45, 7) is 3.67. The molecule has 1 heterocycles. The van der Waals surface area contributed by atoms with E-state index in [9.17, 15) is 14.9 Å². The van der Waals surface area contributed by atoms with Gasteiger partial charge in [-0.15, -0.1) is 11.3 Å². The van der Waals surface area contributed by atoms with Crippen LogP contribution in [-0.2, 0) is 11.3 Å². The number of rotatable bonds is 6. The molecule has 0 spiro atoms. The summed E-state index contributed by atoms with van der Waals surface area (Å²) in [6, 6.07) is 9.30. The topological polar surface area (TPSA) is 76.3 Å². The number of nitro groups is 1. The Bertz CT molecular complexity index is 1000. The van der Waals surface area contributed by atoms with Gasteiger partial charge in [0.1, 0.15) is 0 Å². The lowest BCUT2D eigenvalue weighted by molar-refractivity contribution is -0.386. The summed E-state index contributed by atoms with van der Waals surface area (Å²) >= 11 is 3.19. The van der Waals surface area contributed by atoms with Crippen LogP contribution in [0.2, 0.25) is 0 Å². The van der Waals surface area contributed by atoms with Gasteiger partial charge in [0.05, 0.1) is 32.9 Å². The first-order valence-corrected chi connectivity index (χ1v) is 9.89. The van der Waals surface area contributed by atoms with E-state index < -0.39 is 4.92 Å². The SMILES string of the molecule is CSc1nc2c(CN(C=O)c3ccc(C)c([N+](=O)[O-])c3C)cccc2s1. The highest BCUT2D eigenvalue weighted by molar-refractivity contribution is 8.00. The van der Waals surface area contributed by atoms with Crippen LogP contribution in [0.3, 0.4) is 0 Å². The van der Waals surface area contributed by atoms with Gasteiger partial charge in [-0.3, -0.25) is 14.9 Å². The number of thioether (sulfide) groups is 1. The van der Waals surface area contributed by atoms with Crippen molar-refractivity contribution in [3.8, 4) is 0 Å². The smallest absolute Gasteiger partial charge is 0.277 e. The fraction of sp³-hybridized carbons (Fsp3) is 0.222. The molecule has 6 nitrogen and oxygen atoms in total. The zero-order valence-electron chi connectivity index (χ0n) is 14.6. The number of amides is 1. The fourth-order valence-corrected chi connectivity index (χ4v) is 4.51. The molecule has 3 rings (SSSR count). The van der Waals surface area contributed by atoms with Gasteiger partial charge in [0, 0.05) is 5.56 Å². The number of carbonyl (C=O) groups excluding carboxylic acids is 1. The fourth-order valence-electron chi connectivity index (χ4n) is 2.98. The lowest BCUT2D eigenvalue weighted by Gasteiger charge is -2.20. The van der Waals surface area contributed by atoms with Crippen molar-refractivity contribution in [1.82, 2.24) is 4.98 Å². The van der Waals surface area contributed by atoms with E-state index in [0.717, 1.165) is 20.1 Å². The molecule has 26 heavy (non-hydrogen) atoms. The number of para-hydroxylation sites is 1. The highest BCUT2D eigenvalue weighted by Crippen LogP contribution is 2.34. The molecule has 0 fully saturated rings. The van der Waals surface area contributed by atoms with Crippen LogP contribution in [0.1, 0.15) is 16.7 Å². The molecule has 1 amide bonds. The number of aromatic nitrogens is 1. The lowest BCUT2D eigenvalue weighted by atomic mass is 10.1. The Balaban J connectivity index is 2.04. The number of carbonyl (C=O) groups is 1. The number of aryl methyl sites for hydroxylation is 1. The number of hydrogen-bond acceptors (Lipinski definition) is 6. The minimum atomic E-state index is -0.400. The molecule has 0 unspecified atom stereocenters. The maximum absolute atomic E-state index is 11.8. The second kappa shape index (κ2) is 7.43. The van der Waals surface area contributed by atoms with Crippen LogP contribution in [0.5, 0.6) is 0 Å². The second-order valence-electron chi connectivity index (χ2n) is 5.81. The van der Waals surface area contributed by atoms with Crippen LogP contribution in [0.15, 0.2) is 34.7 Å². The maximum Gasteiger partial charge on any atom is 0.277 e. The van der Waals surface area contributed by atoms with Crippen molar-refractivity contribution in [2.75, 3.05) is 11.2 Å². The van der Waals surface area contributed by atoms with E-state index in [0.29, 0.717) is 29.8 Å². The van der Waals surface area contributed by atoms with Gasteiger partial charge in [0.15, 0.2) is 4.34 Å². The molecule has 0 aliphatic carbocycles. The van der Waals surface area contributed by atoms with Crippen LogP contribution in [0.25, 0.3) is 10.2 Å². The van der Waals surface area contributed by atoms with Crippen LogP contribution in [-0.4, -0.2) is 22.6 Å². The summed E-state index contributed by atoms with van der Waals surface area (Å²) in [6.07, 6.45) is 2.69. The quantitative estimate of drug-likeness (QED) is 0.265. The van der Waals surface area contributed by atoms with Gasteiger partial charge >= 0.3 is 0 Å². The zero-order valence-corrected chi connectivity index (χ0v) is 16.2. The van der Waals surface area contributed by atoms with Crippen LogP contribution < -0.4 is 4.90 Å². The zero-order chi connectivity index (χ0) is 18.8. The molecule has 0 radical (unpaired) electrons. The third-order valence-electron chi connectivity index (χ3n) is 4.22. The first kappa shape index (κ1) is 18.3. The van der Waals surface area contributed by atoms with Crippen molar-refractivity contribution in [3.05, 3.63) is 57.1 Å². The molecule has 0 saturated carbocycles. The molecule has 8 heteroatoms. The van der Waals surface area contributed by atoms with Gasteiger partial charge in [0.2, 0.25) is 6.41 Å². The normalized spacial score (nSPS) is 10.9. The first-order chi connectivity index (χ1) is 12.5. The van der Waals surface area contributed by atoms with Gasteiger partial charge in [-0.2, -0.15) is 0 Å². The predicted molar refractivity (Wildman–Crippen MR) is 106 cm³/mol. The molecule has 0 saturated heterocycles. The number of nitrogens with zero attached hydrogens (tertiary/aromatic N) is 3. The van der Waals surface area contributed by atoms with E-state index in [1.54, 1.807) is 49.1 Å². The lowest BCUT2D eigenvalue weighted by Crippen LogP contribution is -2.22. The third kappa shape index (κ3) is 3.30. The average molecular weight is 387 g/mol. The predicted octanol–water partition coefficient (Wildman–Crippen LogP) is 4.71. The summed E-state index contributed by atoms with van der Waals surface area (Å²) in [4.78, 5) is 28.8. The highest BCUT2D eigenvalue weighted by atomic mass is 32.2.